The van der Waals surface area contributed by atoms with E-state index in [1.165, 1.54) is 11.8 Å². The highest BCUT2D eigenvalue weighted by molar-refractivity contribution is 8.14. The van der Waals surface area contributed by atoms with Gasteiger partial charge in [-0.1, -0.05) is 18.2 Å². The molecule has 2 rings (SSSR count). The lowest BCUT2D eigenvalue weighted by molar-refractivity contribution is 0.108. The minimum atomic E-state index is 0.109. The van der Waals surface area contributed by atoms with Crippen molar-refractivity contribution in [3.05, 3.63) is 52.7 Å². The fraction of sp³-hybridized carbons (Fsp3) is 0. The Morgan fingerprint density at radius 3 is 2.57 bits per heavy atom. The van der Waals surface area contributed by atoms with Gasteiger partial charge in [0.15, 0.2) is 0 Å². The van der Waals surface area contributed by atoms with Crippen LogP contribution in [0.4, 0.5) is 0 Å². The van der Waals surface area contributed by atoms with Crippen molar-refractivity contribution in [1.82, 2.24) is 0 Å². The highest BCUT2D eigenvalue weighted by Gasteiger charge is 2.07. The summed E-state index contributed by atoms with van der Waals surface area (Å²) in [6.07, 6.45) is 0. The molecule has 0 N–H and O–H groups in total. The third-order valence-corrected chi connectivity index (χ3v) is 3.32. The first kappa shape index (κ1) is 9.49. The van der Waals surface area contributed by atoms with E-state index in [-0.39, 0.29) is 5.12 Å². The largest absolute Gasteiger partial charge is 0.281 e. The zero-order chi connectivity index (χ0) is 9.80. The summed E-state index contributed by atoms with van der Waals surface area (Å²) in [7, 11) is 0. The molecule has 0 radical (unpaired) electrons. The number of carbonyl (C=O) groups is 1. The van der Waals surface area contributed by atoms with Crippen LogP contribution >= 0.6 is 23.1 Å². The molecule has 0 saturated carbocycles. The molecule has 0 aliphatic carbocycles. The zero-order valence-corrected chi connectivity index (χ0v) is 8.98. The normalized spacial score (nSPS) is 10.0. The van der Waals surface area contributed by atoms with Crippen molar-refractivity contribution < 1.29 is 4.79 Å². The zero-order valence-electron chi connectivity index (χ0n) is 7.34. The second-order valence-electron chi connectivity index (χ2n) is 2.71. The van der Waals surface area contributed by atoms with Crippen molar-refractivity contribution in [1.29, 1.82) is 0 Å². The molecule has 1 nitrogen and oxygen atoms in total. The van der Waals surface area contributed by atoms with E-state index in [4.69, 9.17) is 0 Å². The van der Waals surface area contributed by atoms with Crippen LogP contribution in [0, 0.1) is 0 Å². The maximum absolute atomic E-state index is 11.6. The SMILES string of the molecule is O=C(Sc1ccccc1)c1ccsc1. The highest BCUT2D eigenvalue weighted by Crippen LogP contribution is 2.23. The molecule has 3 heteroatoms. The first-order valence-corrected chi connectivity index (χ1v) is 5.91. The molecule has 1 aromatic heterocycles. The van der Waals surface area contributed by atoms with Crippen molar-refractivity contribution in [3.63, 3.8) is 0 Å². The predicted molar refractivity (Wildman–Crippen MR) is 60.9 cm³/mol. The fourth-order valence-corrected chi connectivity index (χ4v) is 2.50. The third-order valence-electron chi connectivity index (χ3n) is 1.71. The van der Waals surface area contributed by atoms with Crippen LogP contribution in [0.5, 0.6) is 0 Å². The molecule has 14 heavy (non-hydrogen) atoms. The van der Waals surface area contributed by atoms with E-state index in [1.807, 2.05) is 47.2 Å². The van der Waals surface area contributed by atoms with Gasteiger partial charge < -0.3 is 0 Å². The van der Waals surface area contributed by atoms with Gasteiger partial charge in [-0.2, -0.15) is 11.3 Å². The quantitative estimate of drug-likeness (QED) is 0.718. The van der Waals surface area contributed by atoms with Gasteiger partial charge in [0.05, 0.1) is 0 Å². The standard InChI is InChI=1S/C11H8OS2/c12-11(9-6-7-13-8-9)14-10-4-2-1-3-5-10/h1-8H. The molecule has 70 valence electrons. The van der Waals surface area contributed by atoms with Crippen molar-refractivity contribution >= 4 is 28.2 Å². The van der Waals surface area contributed by atoms with E-state index < -0.39 is 0 Å². The second-order valence-corrected chi connectivity index (χ2v) is 4.54. The van der Waals surface area contributed by atoms with Crippen LogP contribution in [0.25, 0.3) is 0 Å². The van der Waals surface area contributed by atoms with Crippen molar-refractivity contribution in [2.75, 3.05) is 0 Å². The number of benzene rings is 1. The van der Waals surface area contributed by atoms with Gasteiger partial charge in [0.1, 0.15) is 0 Å². The number of thioether (sulfide) groups is 1. The van der Waals surface area contributed by atoms with Gasteiger partial charge in [0, 0.05) is 15.8 Å². The van der Waals surface area contributed by atoms with Gasteiger partial charge in [-0.25, -0.2) is 0 Å². The Kier molecular flexibility index (Phi) is 3.01. The summed E-state index contributed by atoms with van der Waals surface area (Å²) in [5.74, 6) is 0. The van der Waals surface area contributed by atoms with Crippen LogP contribution in [0.15, 0.2) is 52.1 Å². The van der Waals surface area contributed by atoms with Gasteiger partial charge in [-0.05, 0) is 35.3 Å². The van der Waals surface area contributed by atoms with Crippen LogP contribution in [0.2, 0.25) is 0 Å². The second kappa shape index (κ2) is 4.44. The van der Waals surface area contributed by atoms with Gasteiger partial charge in [0.25, 0.3) is 0 Å². The maximum atomic E-state index is 11.6. The van der Waals surface area contributed by atoms with E-state index in [0.717, 1.165) is 10.5 Å². The summed E-state index contributed by atoms with van der Waals surface area (Å²) in [6.45, 7) is 0. The Balaban J connectivity index is 2.10. The summed E-state index contributed by atoms with van der Waals surface area (Å²) in [6, 6.07) is 11.5. The molecular weight excluding hydrogens is 212 g/mol. The molecule has 2 aromatic rings. The monoisotopic (exact) mass is 220 g/mol. The Bertz CT molecular complexity index is 406. The van der Waals surface area contributed by atoms with Crippen LogP contribution in [0.1, 0.15) is 10.4 Å². The van der Waals surface area contributed by atoms with Crippen molar-refractivity contribution in [2.45, 2.75) is 4.90 Å². The van der Waals surface area contributed by atoms with E-state index in [2.05, 4.69) is 0 Å². The average molecular weight is 220 g/mol. The van der Waals surface area contributed by atoms with E-state index in [9.17, 15) is 4.79 Å². The lowest BCUT2D eigenvalue weighted by atomic mass is 10.4. The Morgan fingerprint density at radius 1 is 1.14 bits per heavy atom. The predicted octanol–water partition coefficient (Wildman–Crippen LogP) is 3.68. The van der Waals surface area contributed by atoms with Crippen molar-refractivity contribution in [2.24, 2.45) is 0 Å². The highest BCUT2D eigenvalue weighted by atomic mass is 32.2. The van der Waals surface area contributed by atoms with Gasteiger partial charge in [0.2, 0.25) is 5.12 Å². The molecule has 0 amide bonds. The fourth-order valence-electron chi connectivity index (χ4n) is 1.04. The van der Waals surface area contributed by atoms with E-state index >= 15 is 0 Å². The molecule has 0 bridgehead atoms. The summed E-state index contributed by atoms with van der Waals surface area (Å²) in [5.41, 5.74) is 0.781. The number of hydrogen-bond donors (Lipinski definition) is 0. The first-order chi connectivity index (χ1) is 6.86. The molecule has 0 aliphatic rings. The van der Waals surface area contributed by atoms with Crippen LogP contribution in [-0.2, 0) is 0 Å². The van der Waals surface area contributed by atoms with Gasteiger partial charge in [-0.15, -0.1) is 0 Å². The van der Waals surface area contributed by atoms with Gasteiger partial charge >= 0.3 is 0 Å². The molecule has 1 aromatic carbocycles. The van der Waals surface area contributed by atoms with Crippen molar-refractivity contribution in [3.8, 4) is 0 Å². The lowest BCUT2D eigenvalue weighted by Gasteiger charge is -1.97. The third kappa shape index (κ3) is 2.25. The molecule has 0 atom stereocenters. The smallest absolute Gasteiger partial charge is 0.224 e. The van der Waals surface area contributed by atoms with Crippen LogP contribution in [-0.4, -0.2) is 5.12 Å². The van der Waals surface area contributed by atoms with Gasteiger partial charge in [-0.3, -0.25) is 4.79 Å². The number of thiophene rings is 1. The summed E-state index contributed by atoms with van der Waals surface area (Å²) in [5, 5.41) is 3.90. The topological polar surface area (TPSA) is 17.1 Å². The molecular formula is C11H8OS2. The number of rotatable bonds is 2. The van der Waals surface area contributed by atoms with E-state index in [1.54, 1.807) is 11.3 Å². The minimum absolute atomic E-state index is 0.109. The molecule has 0 unspecified atom stereocenters. The molecule has 0 spiro atoms. The summed E-state index contributed by atoms with van der Waals surface area (Å²) < 4.78 is 0. The minimum Gasteiger partial charge on any atom is -0.281 e. The lowest BCUT2D eigenvalue weighted by Crippen LogP contribution is -1.88. The Hall–Kier alpha value is -1.06. The molecule has 0 saturated heterocycles. The average Bonchev–Trinajstić information content (AvgIpc) is 2.72. The first-order valence-electron chi connectivity index (χ1n) is 4.16. The Morgan fingerprint density at radius 2 is 1.93 bits per heavy atom. The molecule has 0 aliphatic heterocycles. The summed E-state index contributed by atoms with van der Waals surface area (Å²) in [4.78, 5) is 12.6. The Labute approximate surface area is 90.8 Å². The van der Waals surface area contributed by atoms with Crippen LogP contribution in [0.3, 0.4) is 0 Å². The summed E-state index contributed by atoms with van der Waals surface area (Å²) >= 11 is 2.81. The van der Waals surface area contributed by atoms with E-state index in [0.29, 0.717) is 0 Å². The van der Waals surface area contributed by atoms with Crippen LogP contribution < -0.4 is 0 Å². The number of carbonyl (C=O) groups excluding carboxylic acids is 1. The molecule has 1 heterocycles. The number of hydrogen-bond acceptors (Lipinski definition) is 3. The molecule has 0 fully saturated rings. The maximum Gasteiger partial charge on any atom is 0.224 e.